The Kier molecular flexibility index (Phi) is 9.49. The fourth-order valence-corrected chi connectivity index (χ4v) is 4.19. The maximum atomic E-state index is 12.9. The first kappa shape index (κ1) is 27.2. The predicted molar refractivity (Wildman–Crippen MR) is 132 cm³/mol. The molecular formula is C25H33F3N6O2. The molecule has 3 rings (SSSR count). The molecule has 0 aliphatic heterocycles. The van der Waals surface area contributed by atoms with Crippen molar-refractivity contribution in [1.82, 2.24) is 20.6 Å². The van der Waals surface area contributed by atoms with Gasteiger partial charge in [0.2, 0.25) is 11.8 Å². The molecule has 4 N–H and O–H groups in total. The molecule has 0 radical (unpaired) electrons. The maximum absolute atomic E-state index is 12.9. The van der Waals surface area contributed by atoms with Gasteiger partial charge in [0.1, 0.15) is 11.6 Å². The average molecular weight is 507 g/mol. The van der Waals surface area contributed by atoms with Crippen molar-refractivity contribution in [3.05, 3.63) is 35.9 Å². The Morgan fingerprint density at radius 2 is 1.44 bits per heavy atom. The number of nitrogens with one attached hydrogen (secondary N) is 4. The molecule has 1 aromatic heterocycles. The second-order valence-corrected chi connectivity index (χ2v) is 8.95. The van der Waals surface area contributed by atoms with Crippen molar-refractivity contribution in [1.29, 1.82) is 0 Å². The topological polar surface area (TPSA) is 108 Å². The number of hydrogen-bond acceptors (Lipinski definition) is 6. The van der Waals surface area contributed by atoms with Gasteiger partial charge in [-0.15, -0.1) is 0 Å². The maximum Gasteiger partial charge on any atom is 0.391 e. The molecule has 1 fully saturated rings. The summed E-state index contributed by atoms with van der Waals surface area (Å²) in [5.41, 5.74) is 1.63. The van der Waals surface area contributed by atoms with Crippen molar-refractivity contribution in [3.63, 3.8) is 0 Å². The average Bonchev–Trinajstić information content (AvgIpc) is 2.85. The second-order valence-electron chi connectivity index (χ2n) is 8.95. The van der Waals surface area contributed by atoms with Crippen molar-refractivity contribution in [2.24, 2.45) is 11.8 Å². The molecule has 196 valence electrons. The van der Waals surface area contributed by atoms with Crippen LogP contribution in [-0.4, -0.2) is 54.1 Å². The van der Waals surface area contributed by atoms with Gasteiger partial charge in [-0.2, -0.15) is 13.2 Å². The van der Waals surface area contributed by atoms with E-state index in [2.05, 4.69) is 31.2 Å². The molecule has 8 nitrogen and oxygen atoms in total. The Morgan fingerprint density at radius 1 is 0.889 bits per heavy atom. The van der Waals surface area contributed by atoms with Crippen LogP contribution in [0.4, 0.5) is 24.8 Å². The van der Waals surface area contributed by atoms with Crippen LogP contribution in [-0.2, 0) is 9.59 Å². The quantitative estimate of drug-likeness (QED) is 0.364. The fourth-order valence-electron chi connectivity index (χ4n) is 4.19. The molecule has 36 heavy (non-hydrogen) atoms. The van der Waals surface area contributed by atoms with Crippen LogP contribution in [0.3, 0.4) is 0 Å². The molecule has 1 heterocycles. The third kappa shape index (κ3) is 7.82. The number of hydrogen-bond donors (Lipinski definition) is 4. The van der Waals surface area contributed by atoms with E-state index in [1.807, 2.05) is 37.3 Å². The zero-order chi connectivity index (χ0) is 26.1. The van der Waals surface area contributed by atoms with E-state index in [9.17, 15) is 22.8 Å². The Bertz CT molecular complexity index is 1020. The highest BCUT2D eigenvalue weighted by Crippen LogP contribution is 2.39. The van der Waals surface area contributed by atoms with E-state index in [4.69, 9.17) is 0 Å². The molecule has 1 aliphatic carbocycles. The van der Waals surface area contributed by atoms with Crippen LogP contribution in [0, 0.1) is 18.8 Å². The zero-order valence-electron chi connectivity index (χ0n) is 20.5. The van der Waals surface area contributed by atoms with E-state index in [-0.39, 0.29) is 43.4 Å². The van der Waals surface area contributed by atoms with E-state index in [1.165, 1.54) is 6.92 Å². The minimum Gasteiger partial charge on any atom is -0.368 e. The zero-order valence-corrected chi connectivity index (χ0v) is 20.5. The summed E-state index contributed by atoms with van der Waals surface area (Å²) in [5, 5.41) is 12.0. The molecule has 0 unspecified atom stereocenters. The monoisotopic (exact) mass is 506 g/mol. The van der Waals surface area contributed by atoms with Gasteiger partial charge >= 0.3 is 6.18 Å². The number of aromatic nitrogens is 2. The highest BCUT2D eigenvalue weighted by atomic mass is 19.4. The summed E-state index contributed by atoms with van der Waals surface area (Å²) in [5.74, 6) is -0.248. The summed E-state index contributed by atoms with van der Waals surface area (Å²) in [6, 6.07) is 9.51. The molecule has 0 spiro atoms. The summed E-state index contributed by atoms with van der Waals surface area (Å²) in [6.45, 7) is 4.96. The molecular weight excluding hydrogens is 473 g/mol. The van der Waals surface area contributed by atoms with Gasteiger partial charge in [-0.1, -0.05) is 30.3 Å². The van der Waals surface area contributed by atoms with Gasteiger partial charge in [-0.3, -0.25) is 9.59 Å². The van der Waals surface area contributed by atoms with Gasteiger partial charge < -0.3 is 21.3 Å². The summed E-state index contributed by atoms with van der Waals surface area (Å²) in [4.78, 5) is 32.8. The summed E-state index contributed by atoms with van der Waals surface area (Å²) < 4.78 is 38.6. The second kappa shape index (κ2) is 12.5. The van der Waals surface area contributed by atoms with Crippen LogP contribution in [0.25, 0.3) is 11.4 Å². The predicted octanol–water partition coefficient (Wildman–Crippen LogP) is 3.90. The normalized spacial score (nSPS) is 17.8. The van der Waals surface area contributed by atoms with Gasteiger partial charge in [0.05, 0.1) is 5.92 Å². The Morgan fingerprint density at radius 3 is 1.97 bits per heavy atom. The van der Waals surface area contributed by atoms with Gasteiger partial charge in [-0.25, -0.2) is 9.97 Å². The number of halogens is 3. The van der Waals surface area contributed by atoms with Crippen LogP contribution in [0.5, 0.6) is 0 Å². The van der Waals surface area contributed by atoms with E-state index in [0.717, 1.165) is 11.1 Å². The lowest BCUT2D eigenvalue weighted by Gasteiger charge is -2.29. The summed E-state index contributed by atoms with van der Waals surface area (Å²) >= 11 is 0. The molecule has 0 saturated heterocycles. The van der Waals surface area contributed by atoms with E-state index in [0.29, 0.717) is 43.6 Å². The number of benzene rings is 1. The van der Waals surface area contributed by atoms with Crippen molar-refractivity contribution < 1.29 is 22.8 Å². The smallest absolute Gasteiger partial charge is 0.368 e. The van der Waals surface area contributed by atoms with Crippen LogP contribution < -0.4 is 21.3 Å². The van der Waals surface area contributed by atoms with E-state index < -0.39 is 12.1 Å². The van der Waals surface area contributed by atoms with Crippen molar-refractivity contribution in [3.8, 4) is 11.4 Å². The number of amides is 2. The Hall–Kier alpha value is -3.37. The minimum absolute atomic E-state index is 0.0000567. The molecule has 1 aromatic carbocycles. The largest absolute Gasteiger partial charge is 0.391 e. The first-order valence-electron chi connectivity index (χ1n) is 12.2. The number of alkyl halides is 3. The Labute approximate surface area is 208 Å². The SMILES string of the molecule is CC(=O)NCCNc1nc(-c2ccccc2)nc(NCCNC(=O)C2CCC(C(F)(F)F)CC2)c1C. The summed E-state index contributed by atoms with van der Waals surface area (Å²) in [6.07, 6.45) is -3.68. The molecule has 0 atom stereocenters. The fraction of sp³-hybridized carbons (Fsp3) is 0.520. The minimum atomic E-state index is -4.18. The van der Waals surface area contributed by atoms with Gasteiger partial charge in [0.25, 0.3) is 0 Å². The molecule has 2 amide bonds. The lowest BCUT2D eigenvalue weighted by atomic mass is 9.81. The number of nitrogens with zero attached hydrogens (tertiary/aromatic N) is 2. The highest BCUT2D eigenvalue weighted by molar-refractivity contribution is 5.78. The third-order valence-electron chi connectivity index (χ3n) is 6.25. The molecule has 11 heteroatoms. The molecule has 0 bridgehead atoms. The highest BCUT2D eigenvalue weighted by Gasteiger charge is 2.42. The summed E-state index contributed by atoms with van der Waals surface area (Å²) in [7, 11) is 0. The van der Waals surface area contributed by atoms with Crippen LogP contribution in [0.15, 0.2) is 30.3 Å². The first-order chi connectivity index (χ1) is 17.1. The van der Waals surface area contributed by atoms with E-state index in [1.54, 1.807) is 0 Å². The van der Waals surface area contributed by atoms with Crippen LogP contribution in [0.2, 0.25) is 0 Å². The van der Waals surface area contributed by atoms with Crippen LogP contribution in [0.1, 0.15) is 38.2 Å². The van der Waals surface area contributed by atoms with Gasteiger partial charge in [0.15, 0.2) is 5.82 Å². The lowest BCUT2D eigenvalue weighted by Crippen LogP contribution is -2.37. The third-order valence-corrected chi connectivity index (χ3v) is 6.25. The number of carbonyl (C=O) groups is 2. The number of rotatable bonds is 10. The van der Waals surface area contributed by atoms with Crippen molar-refractivity contribution in [2.45, 2.75) is 45.7 Å². The van der Waals surface area contributed by atoms with Crippen LogP contribution >= 0.6 is 0 Å². The molecule has 1 aliphatic rings. The van der Waals surface area contributed by atoms with Gasteiger partial charge in [0, 0.05) is 50.1 Å². The standard InChI is InChI=1S/C25H33F3N6O2/c1-16-21(30-13-12-29-17(2)35)33-23(18-6-4-3-5-7-18)34-22(16)31-14-15-32-24(36)19-8-10-20(11-9-19)25(26,27)28/h3-7,19-20H,8-15H2,1-2H3,(H,29,35)(H,32,36)(H2,30,31,33,34). The Balaban J connectivity index is 1.58. The van der Waals surface area contributed by atoms with Crippen molar-refractivity contribution >= 4 is 23.5 Å². The lowest BCUT2D eigenvalue weighted by molar-refractivity contribution is -0.184. The number of anilines is 2. The van der Waals surface area contributed by atoms with Gasteiger partial charge in [-0.05, 0) is 32.6 Å². The number of carbonyl (C=O) groups excluding carboxylic acids is 2. The van der Waals surface area contributed by atoms with E-state index >= 15 is 0 Å². The molecule has 2 aromatic rings. The molecule has 1 saturated carbocycles. The van der Waals surface area contributed by atoms with Crippen molar-refractivity contribution in [2.75, 3.05) is 36.8 Å². The first-order valence-corrected chi connectivity index (χ1v) is 12.2.